The first-order chi connectivity index (χ1) is 10.4. The average molecular weight is 317 g/mol. The van der Waals surface area contributed by atoms with Crippen molar-refractivity contribution in [1.29, 1.82) is 0 Å². The molecule has 3 heteroatoms. The summed E-state index contributed by atoms with van der Waals surface area (Å²) in [7, 11) is 0. The van der Waals surface area contributed by atoms with Crippen LogP contribution in [-0.4, -0.2) is 23.4 Å². The van der Waals surface area contributed by atoms with Gasteiger partial charge in [0.2, 0.25) is 0 Å². The van der Waals surface area contributed by atoms with E-state index in [1.54, 1.807) is 11.3 Å². The molecule has 0 spiro atoms. The van der Waals surface area contributed by atoms with Crippen molar-refractivity contribution in [3.8, 4) is 0 Å². The molecule has 2 atom stereocenters. The minimum atomic E-state index is 0.311. The number of amides is 1. The van der Waals surface area contributed by atoms with Crippen molar-refractivity contribution in [1.82, 2.24) is 4.90 Å². The van der Waals surface area contributed by atoms with Gasteiger partial charge in [-0.3, -0.25) is 4.79 Å². The highest BCUT2D eigenvalue weighted by atomic mass is 32.1. The van der Waals surface area contributed by atoms with Crippen molar-refractivity contribution in [3.63, 3.8) is 0 Å². The second-order valence-corrected chi connectivity index (χ2v) is 10.0. The van der Waals surface area contributed by atoms with E-state index in [1.807, 2.05) is 0 Å². The van der Waals surface area contributed by atoms with Crippen LogP contribution in [0, 0.1) is 10.8 Å². The number of carbonyl (C=O) groups is 1. The molecule has 1 amide bonds. The molecule has 1 saturated heterocycles. The first-order valence-electron chi connectivity index (χ1n) is 8.78. The summed E-state index contributed by atoms with van der Waals surface area (Å²) < 4.78 is 0. The Morgan fingerprint density at radius 1 is 1.23 bits per heavy atom. The van der Waals surface area contributed by atoms with E-state index in [0.717, 1.165) is 11.4 Å². The molecule has 0 unspecified atom stereocenters. The van der Waals surface area contributed by atoms with Crippen molar-refractivity contribution in [2.75, 3.05) is 6.54 Å². The number of hydrogen-bond acceptors (Lipinski definition) is 2. The van der Waals surface area contributed by atoms with Crippen molar-refractivity contribution in [2.24, 2.45) is 10.8 Å². The van der Waals surface area contributed by atoms with Crippen molar-refractivity contribution < 1.29 is 4.79 Å². The summed E-state index contributed by atoms with van der Waals surface area (Å²) in [4.78, 5) is 17.8. The van der Waals surface area contributed by atoms with Gasteiger partial charge in [0.25, 0.3) is 5.91 Å². The lowest BCUT2D eigenvalue weighted by Crippen LogP contribution is -2.37. The van der Waals surface area contributed by atoms with Crippen LogP contribution in [0.4, 0.5) is 0 Å². The van der Waals surface area contributed by atoms with E-state index in [-0.39, 0.29) is 0 Å². The predicted molar refractivity (Wildman–Crippen MR) is 91.5 cm³/mol. The van der Waals surface area contributed by atoms with Gasteiger partial charge in [-0.25, -0.2) is 0 Å². The average Bonchev–Trinajstić information content (AvgIpc) is 2.95. The molecule has 1 aromatic rings. The summed E-state index contributed by atoms with van der Waals surface area (Å²) in [5, 5.41) is 0. The van der Waals surface area contributed by atoms with E-state index in [1.165, 1.54) is 55.4 Å². The zero-order valence-electron chi connectivity index (χ0n) is 14.1. The number of carbonyl (C=O) groups excluding carboxylic acids is 1. The highest BCUT2D eigenvalue weighted by Gasteiger charge is 2.51. The van der Waals surface area contributed by atoms with E-state index in [0.29, 0.717) is 22.8 Å². The number of aryl methyl sites for hydroxylation is 2. The van der Waals surface area contributed by atoms with Gasteiger partial charge in [-0.15, -0.1) is 11.3 Å². The van der Waals surface area contributed by atoms with Crippen LogP contribution in [0.3, 0.4) is 0 Å². The van der Waals surface area contributed by atoms with Crippen LogP contribution in [-0.2, 0) is 12.8 Å². The summed E-state index contributed by atoms with van der Waals surface area (Å²) in [6, 6.07) is 2.66. The van der Waals surface area contributed by atoms with Gasteiger partial charge in [0, 0.05) is 17.5 Å². The SMILES string of the molecule is CC1(C)C[C@@H]2C[C@@](C)(CN2C(=O)c2cc3c(s2)CCCC3)C1. The third-order valence-electron chi connectivity index (χ3n) is 5.88. The molecule has 3 aliphatic rings. The summed E-state index contributed by atoms with van der Waals surface area (Å²) >= 11 is 1.77. The second-order valence-electron chi connectivity index (χ2n) is 8.91. The van der Waals surface area contributed by atoms with Crippen molar-refractivity contribution >= 4 is 17.2 Å². The smallest absolute Gasteiger partial charge is 0.264 e. The molecule has 1 saturated carbocycles. The van der Waals surface area contributed by atoms with E-state index < -0.39 is 0 Å². The third-order valence-corrected chi connectivity index (χ3v) is 7.11. The highest BCUT2D eigenvalue weighted by molar-refractivity contribution is 7.14. The summed E-state index contributed by atoms with van der Waals surface area (Å²) in [5.41, 5.74) is 2.16. The summed E-state index contributed by atoms with van der Waals surface area (Å²) in [6.07, 6.45) is 8.55. The molecule has 2 bridgehead atoms. The topological polar surface area (TPSA) is 20.3 Å². The Kier molecular flexibility index (Phi) is 3.24. The lowest BCUT2D eigenvalue weighted by molar-refractivity contribution is 0.0713. The van der Waals surface area contributed by atoms with Gasteiger partial charge in [0.15, 0.2) is 0 Å². The van der Waals surface area contributed by atoms with Gasteiger partial charge >= 0.3 is 0 Å². The van der Waals surface area contributed by atoms with E-state index in [4.69, 9.17) is 0 Å². The predicted octanol–water partition coefficient (Wildman–Crippen LogP) is 4.67. The number of hydrogen-bond donors (Lipinski definition) is 0. The number of nitrogens with zero attached hydrogens (tertiary/aromatic N) is 1. The Hall–Kier alpha value is -0.830. The standard InChI is InChI=1S/C19H27NOS/c1-18(2)9-14-10-19(3,11-18)12-20(14)17(21)16-8-13-6-4-5-7-15(13)22-16/h8,14H,4-7,9-12H2,1-3H3/t14-,19-/m1/s1. The molecular formula is C19H27NOS. The number of fused-ring (bicyclic) bond motifs is 3. The zero-order valence-corrected chi connectivity index (χ0v) is 14.9. The maximum absolute atomic E-state index is 13.1. The minimum Gasteiger partial charge on any atom is -0.334 e. The van der Waals surface area contributed by atoms with Crippen LogP contribution in [0.15, 0.2) is 6.07 Å². The molecular weight excluding hydrogens is 290 g/mol. The molecule has 22 heavy (non-hydrogen) atoms. The monoisotopic (exact) mass is 317 g/mol. The Labute approximate surface area is 137 Å². The molecule has 0 aromatic carbocycles. The molecule has 2 heterocycles. The number of rotatable bonds is 1. The van der Waals surface area contributed by atoms with Crippen LogP contribution in [0.1, 0.15) is 73.0 Å². The Morgan fingerprint density at radius 3 is 2.77 bits per heavy atom. The first-order valence-corrected chi connectivity index (χ1v) is 9.60. The Bertz CT molecular complexity index is 593. The second kappa shape index (κ2) is 4.83. The van der Waals surface area contributed by atoms with Gasteiger partial charge < -0.3 is 4.90 Å². The van der Waals surface area contributed by atoms with Gasteiger partial charge in [-0.2, -0.15) is 0 Å². The van der Waals surface area contributed by atoms with Crippen LogP contribution < -0.4 is 0 Å². The molecule has 0 radical (unpaired) electrons. The van der Waals surface area contributed by atoms with E-state index in [9.17, 15) is 4.79 Å². The molecule has 2 fully saturated rings. The van der Waals surface area contributed by atoms with Gasteiger partial charge in [0.1, 0.15) is 0 Å². The van der Waals surface area contributed by atoms with E-state index in [2.05, 4.69) is 31.7 Å². The van der Waals surface area contributed by atoms with Crippen LogP contribution >= 0.6 is 11.3 Å². The van der Waals surface area contributed by atoms with Gasteiger partial charge in [0.05, 0.1) is 4.88 Å². The molecule has 4 rings (SSSR count). The third kappa shape index (κ3) is 2.42. The molecule has 120 valence electrons. The zero-order chi connectivity index (χ0) is 15.5. The molecule has 0 N–H and O–H groups in total. The molecule has 2 nitrogen and oxygen atoms in total. The summed E-state index contributed by atoms with van der Waals surface area (Å²) in [6.45, 7) is 8.08. The molecule has 1 aliphatic heterocycles. The van der Waals surface area contributed by atoms with Gasteiger partial charge in [-0.05, 0) is 67.4 Å². The minimum absolute atomic E-state index is 0.311. The quantitative estimate of drug-likeness (QED) is 0.737. The van der Waals surface area contributed by atoms with Crippen LogP contribution in [0.25, 0.3) is 0 Å². The highest BCUT2D eigenvalue weighted by Crippen LogP contribution is 2.52. The van der Waals surface area contributed by atoms with Crippen LogP contribution in [0.5, 0.6) is 0 Å². The van der Waals surface area contributed by atoms with Crippen molar-refractivity contribution in [3.05, 3.63) is 21.4 Å². The Balaban J connectivity index is 1.60. The Morgan fingerprint density at radius 2 is 2.00 bits per heavy atom. The number of thiophene rings is 1. The first kappa shape index (κ1) is 14.7. The molecule has 2 aliphatic carbocycles. The van der Waals surface area contributed by atoms with Gasteiger partial charge in [-0.1, -0.05) is 20.8 Å². The van der Waals surface area contributed by atoms with Crippen molar-refractivity contribution in [2.45, 2.75) is 71.8 Å². The maximum atomic E-state index is 13.1. The van der Waals surface area contributed by atoms with E-state index >= 15 is 0 Å². The fourth-order valence-corrected chi connectivity index (χ4v) is 6.64. The fraction of sp³-hybridized carbons (Fsp3) is 0.737. The largest absolute Gasteiger partial charge is 0.334 e. The lowest BCUT2D eigenvalue weighted by atomic mass is 9.65. The lowest BCUT2D eigenvalue weighted by Gasteiger charge is -2.39. The number of likely N-dealkylation sites (tertiary alicyclic amines) is 1. The summed E-state index contributed by atoms with van der Waals surface area (Å²) in [5.74, 6) is 0.311. The fourth-order valence-electron chi connectivity index (χ4n) is 5.43. The van der Waals surface area contributed by atoms with Crippen LogP contribution in [0.2, 0.25) is 0 Å². The normalized spacial score (nSPS) is 32.9. The molecule has 1 aromatic heterocycles. The maximum Gasteiger partial charge on any atom is 0.264 e.